The van der Waals surface area contributed by atoms with Crippen molar-refractivity contribution in [2.45, 2.75) is 29.6 Å². The van der Waals surface area contributed by atoms with Crippen LogP contribution in [0.15, 0.2) is 63.3 Å². The Morgan fingerprint density at radius 3 is 2.47 bits per heavy atom. The summed E-state index contributed by atoms with van der Waals surface area (Å²) in [6.45, 7) is 2.17. The zero-order valence-electron chi connectivity index (χ0n) is 10.8. The second-order valence-electron chi connectivity index (χ2n) is 4.13. The van der Waals surface area contributed by atoms with Crippen molar-refractivity contribution in [1.29, 1.82) is 0 Å². The Kier molecular flexibility index (Phi) is 4.96. The lowest BCUT2D eigenvalue weighted by Gasteiger charge is -2.09. The van der Waals surface area contributed by atoms with Crippen molar-refractivity contribution in [1.82, 2.24) is 0 Å². The first-order valence-corrected chi connectivity index (χ1v) is 7.09. The maximum absolute atomic E-state index is 10.4. The molecule has 19 heavy (non-hydrogen) atoms. The molecule has 2 rings (SSSR count). The standard InChI is InChI=1S/C16H15NOS/c1-2-7-13-8-3-5-10-15(13)19-16-11-6-4-9-14(16)17-12-18/h3-6,8-11H,2,7H2,1H3. The zero-order chi connectivity index (χ0) is 13.5. The molecule has 0 aromatic heterocycles. The quantitative estimate of drug-likeness (QED) is 0.578. The first-order valence-electron chi connectivity index (χ1n) is 6.27. The van der Waals surface area contributed by atoms with Gasteiger partial charge in [0.1, 0.15) is 0 Å². The van der Waals surface area contributed by atoms with Gasteiger partial charge in [-0.3, -0.25) is 0 Å². The van der Waals surface area contributed by atoms with E-state index in [9.17, 15) is 4.79 Å². The highest BCUT2D eigenvalue weighted by Gasteiger charge is 2.06. The van der Waals surface area contributed by atoms with E-state index in [0.717, 1.165) is 17.7 Å². The molecule has 0 bridgehead atoms. The molecular weight excluding hydrogens is 254 g/mol. The number of rotatable bonds is 5. The highest BCUT2D eigenvalue weighted by Crippen LogP contribution is 2.36. The average molecular weight is 269 g/mol. The van der Waals surface area contributed by atoms with Crippen molar-refractivity contribution < 1.29 is 4.79 Å². The number of aliphatic imine (C=N–C) groups is 1. The minimum Gasteiger partial charge on any atom is -0.211 e. The maximum Gasteiger partial charge on any atom is 0.240 e. The zero-order valence-corrected chi connectivity index (χ0v) is 11.6. The average Bonchev–Trinajstić information content (AvgIpc) is 2.44. The molecule has 0 aliphatic rings. The topological polar surface area (TPSA) is 29.4 Å². The summed E-state index contributed by atoms with van der Waals surface area (Å²) in [6.07, 6.45) is 3.79. The molecule has 0 unspecified atom stereocenters. The van der Waals surface area contributed by atoms with Crippen LogP contribution in [0.4, 0.5) is 5.69 Å². The van der Waals surface area contributed by atoms with E-state index in [-0.39, 0.29) is 0 Å². The van der Waals surface area contributed by atoms with Crippen LogP contribution in [0.2, 0.25) is 0 Å². The largest absolute Gasteiger partial charge is 0.240 e. The number of benzene rings is 2. The van der Waals surface area contributed by atoms with E-state index in [2.05, 4.69) is 30.1 Å². The van der Waals surface area contributed by atoms with Crippen molar-refractivity contribution in [3.63, 3.8) is 0 Å². The van der Waals surface area contributed by atoms with Gasteiger partial charge in [-0.1, -0.05) is 55.4 Å². The molecule has 3 heteroatoms. The van der Waals surface area contributed by atoms with Crippen LogP contribution in [-0.4, -0.2) is 6.08 Å². The molecule has 2 nitrogen and oxygen atoms in total. The Labute approximate surface area is 117 Å². The Bertz CT molecular complexity index is 603. The number of carbonyl (C=O) groups excluding carboxylic acids is 1. The minimum absolute atomic E-state index is 0.675. The molecule has 0 heterocycles. The van der Waals surface area contributed by atoms with Gasteiger partial charge >= 0.3 is 0 Å². The molecule has 0 aliphatic heterocycles. The van der Waals surface area contributed by atoms with Gasteiger partial charge in [0.25, 0.3) is 0 Å². The summed E-state index contributed by atoms with van der Waals surface area (Å²) in [5.74, 6) is 0. The fourth-order valence-corrected chi connectivity index (χ4v) is 2.93. The Balaban J connectivity index is 2.33. The molecule has 0 saturated heterocycles. The molecule has 0 radical (unpaired) electrons. The molecule has 0 amide bonds. The van der Waals surface area contributed by atoms with E-state index in [1.54, 1.807) is 17.8 Å². The van der Waals surface area contributed by atoms with Gasteiger partial charge in [-0.25, -0.2) is 4.79 Å². The van der Waals surface area contributed by atoms with Gasteiger partial charge in [0, 0.05) is 9.79 Å². The molecule has 0 saturated carbocycles. The van der Waals surface area contributed by atoms with Crippen LogP contribution in [0.25, 0.3) is 0 Å². The van der Waals surface area contributed by atoms with E-state index in [1.807, 2.05) is 30.3 Å². The van der Waals surface area contributed by atoms with Gasteiger partial charge in [-0.05, 0) is 30.2 Å². The molecule has 0 atom stereocenters. The lowest BCUT2D eigenvalue weighted by Crippen LogP contribution is -1.87. The van der Waals surface area contributed by atoms with Gasteiger partial charge < -0.3 is 0 Å². The van der Waals surface area contributed by atoms with Gasteiger partial charge in [-0.15, -0.1) is 0 Å². The predicted octanol–water partition coefficient (Wildman–Crippen LogP) is 4.76. The predicted molar refractivity (Wildman–Crippen MR) is 78.8 cm³/mol. The monoisotopic (exact) mass is 269 g/mol. The van der Waals surface area contributed by atoms with Crippen LogP contribution in [0.3, 0.4) is 0 Å². The van der Waals surface area contributed by atoms with Gasteiger partial charge in [0.15, 0.2) is 0 Å². The van der Waals surface area contributed by atoms with Crippen LogP contribution >= 0.6 is 11.8 Å². The van der Waals surface area contributed by atoms with E-state index in [0.29, 0.717) is 5.69 Å². The minimum atomic E-state index is 0.675. The lowest BCUT2D eigenvalue weighted by molar-refractivity contribution is 0.565. The maximum atomic E-state index is 10.4. The number of aryl methyl sites for hydroxylation is 1. The van der Waals surface area contributed by atoms with E-state index < -0.39 is 0 Å². The SMILES string of the molecule is CCCc1ccccc1Sc1ccccc1N=C=O. The molecule has 2 aromatic carbocycles. The summed E-state index contributed by atoms with van der Waals surface area (Å²) in [4.78, 5) is 16.4. The van der Waals surface area contributed by atoms with Gasteiger partial charge in [0.2, 0.25) is 6.08 Å². The van der Waals surface area contributed by atoms with Crippen molar-refractivity contribution in [2.75, 3.05) is 0 Å². The highest BCUT2D eigenvalue weighted by molar-refractivity contribution is 7.99. The van der Waals surface area contributed by atoms with Crippen LogP contribution in [0.1, 0.15) is 18.9 Å². The molecule has 96 valence electrons. The van der Waals surface area contributed by atoms with Crippen LogP contribution in [-0.2, 0) is 11.2 Å². The fraction of sp³-hybridized carbons (Fsp3) is 0.188. The van der Waals surface area contributed by atoms with E-state index in [1.165, 1.54) is 10.5 Å². The highest BCUT2D eigenvalue weighted by atomic mass is 32.2. The number of para-hydroxylation sites is 1. The molecule has 2 aromatic rings. The third-order valence-electron chi connectivity index (χ3n) is 2.74. The van der Waals surface area contributed by atoms with E-state index in [4.69, 9.17) is 0 Å². The molecule has 0 aliphatic carbocycles. The lowest BCUT2D eigenvalue weighted by atomic mass is 10.1. The second-order valence-corrected chi connectivity index (χ2v) is 5.21. The summed E-state index contributed by atoms with van der Waals surface area (Å²) in [5, 5.41) is 0. The van der Waals surface area contributed by atoms with Crippen LogP contribution < -0.4 is 0 Å². The summed E-state index contributed by atoms with van der Waals surface area (Å²) < 4.78 is 0. The second kappa shape index (κ2) is 6.93. The molecular formula is C16H15NOS. The summed E-state index contributed by atoms with van der Waals surface area (Å²) in [7, 11) is 0. The van der Waals surface area contributed by atoms with Crippen molar-refractivity contribution >= 4 is 23.5 Å². The first-order chi connectivity index (χ1) is 9.35. The fourth-order valence-electron chi connectivity index (χ4n) is 1.88. The van der Waals surface area contributed by atoms with Crippen molar-refractivity contribution in [3.8, 4) is 0 Å². The van der Waals surface area contributed by atoms with Gasteiger partial charge in [0.05, 0.1) is 5.69 Å². The summed E-state index contributed by atoms with van der Waals surface area (Å²) >= 11 is 1.65. The number of isocyanates is 1. The molecule has 0 N–H and O–H groups in total. The normalized spacial score (nSPS) is 9.95. The number of hydrogen-bond donors (Lipinski definition) is 0. The third kappa shape index (κ3) is 3.57. The van der Waals surface area contributed by atoms with Crippen molar-refractivity contribution in [2.24, 2.45) is 4.99 Å². The smallest absolute Gasteiger partial charge is 0.211 e. The Morgan fingerprint density at radius 1 is 1.05 bits per heavy atom. The Hall–Kier alpha value is -1.83. The van der Waals surface area contributed by atoms with Crippen molar-refractivity contribution in [3.05, 3.63) is 54.1 Å². The summed E-state index contributed by atoms with van der Waals surface area (Å²) in [6, 6.07) is 16.0. The third-order valence-corrected chi connectivity index (χ3v) is 3.93. The first kappa shape index (κ1) is 13.6. The Morgan fingerprint density at radius 2 is 1.74 bits per heavy atom. The molecule has 0 spiro atoms. The van der Waals surface area contributed by atoms with Crippen LogP contribution in [0.5, 0.6) is 0 Å². The van der Waals surface area contributed by atoms with E-state index >= 15 is 0 Å². The number of nitrogens with zero attached hydrogens (tertiary/aromatic N) is 1. The summed E-state index contributed by atoms with van der Waals surface area (Å²) in [5.41, 5.74) is 2.01. The molecule has 0 fully saturated rings. The van der Waals surface area contributed by atoms with Gasteiger partial charge in [-0.2, -0.15) is 4.99 Å². The number of hydrogen-bond acceptors (Lipinski definition) is 3. The van der Waals surface area contributed by atoms with Crippen LogP contribution in [0, 0.1) is 0 Å².